The molecule has 0 radical (unpaired) electrons. The van der Waals surface area contributed by atoms with Crippen LogP contribution in [-0.4, -0.2) is 25.1 Å². The van der Waals surface area contributed by atoms with Crippen LogP contribution in [0, 0.1) is 13.8 Å². The lowest BCUT2D eigenvalue weighted by molar-refractivity contribution is -0.0496. The average molecular weight is 585 g/mol. The summed E-state index contributed by atoms with van der Waals surface area (Å²) in [5.41, 5.74) is -5.24. The Balaban J connectivity index is 2.46. The summed E-state index contributed by atoms with van der Waals surface area (Å²) in [6.07, 6.45) is 0. The Morgan fingerprint density at radius 3 is 1.36 bits per heavy atom. The number of aryl methyl sites for hydroxylation is 2. The average Bonchev–Trinajstić information content (AvgIpc) is 2.77. The van der Waals surface area contributed by atoms with Gasteiger partial charge in [-0.15, -0.1) is 0 Å². The fourth-order valence-electron chi connectivity index (χ4n) is 3.65. The number of ether oxygens (including phenoxy) is 2. The van der Waals surface area contributed by atoms with E-state index in [4.69, 9.17) is 13.1 Å². The highest BCUT2D eigenvalue weighted by molar-refractivity contribution is 8.33. The molecule has 0 amide bonds. The molecule has 0 heterocycles. The van der Waals surface area contributed by atoms with Crippen LogP contribution in [0.1, 0.15) is 52.7 Å². The van der Waals surface area contributed by atoms with Crippen molar-refractivity contribution in [2.45, 2.75) is 86.8 Å². The van der Waals surface area contributed by atoms with Crippen LogP contribution >= 0.6 is 10.3 Å². The maximum atomic E-state index is 13.8. The van der Waals surface area contributed by atoms with Gasteiger partial charge in [0.15, 0.2) is 11.5 Å². The Morgan fingerprint density at radius 2 is 0.974 bits per heavy atom. The van der Waals surface area contributed by atoms with Gasteiger partial charge in [-0.3, -0.25) is 0 Å². The minimum Gasteiger partial charge on any atom is -0.484 e. The molecule has 0 fully saturated rings. The van der Waals surface area contributed by atoms with Gasteiger partial charge < -0.3 is 9.47 Å². The molecule has 214 valence electrons. The third-order valence-corrected chi connectivity index (χ3v) is 10.2. The van der Waals surface area contributed by atoms with Gasteiger partial charge in [-0.25, -0.2) is 0 Å². The quantitative estimate of drug-likeness (QED) is 0.260. The lowest BCUT2D eigenvalue weighted by Crippen LogP contribution is -2.28. The minimum absolute atomic E-state index is 0.198. The molecule has 0 N–H and O–H groups in total. The second-order valence-electron chi connectivity index (χ2n) is 11.2. The molecule has 0 aliphatic heterocycles. The summed E-state index contributed by atoms with van der Waals surface area (Å²) in [5, 5.41) is 0. The number of benzene rings is 3. The summed E-state index contributed by atoms with van der Waals surface area (Å²) < 4.78 is 84.6. The molecule has 3 aromatic rings. The molecule has 0 unspecified atom stereocenters. The van der Waals surface area contributed by atoms with Crippen LogP contribution in [0.3, 0.4) is 0 Å². The number of hydrogen-bond donors (Lipinski definition) is 0. The predicted octanol–water partition coefficient (Wildman–Crippen LogP) is 8.72. The van der Waals surface area contributed by atoms with E-state index in [1.54, 1.807) is 54.6 Å². The Morgan fingerprint density at radius 1 is 0.590 bits per heavy atom. The molecular weight excluding hydrogens is 549 g/mol. The SMILES string of the molecule is Cc1ccc(S(OS(=O)(=O)C(F)(F)F)(c2ccc(C)cc2)c2ccc(OC(C)(C)C)c(OC(C)(C)C)c2)cc1. The van der Waals surface area contributed by atoms with Crippen molar-refractivity contribution in [1.82, 2.24) is 0 Å². The van der Waals surface area contributed by atoms with E-state index in [1.165, 1.54) is 12.1 Å². The van der Waals surface area contributed by atoms with Crippen LogP contribution < -0.4 is 9.47 Å². The monoisotopic (exact) mass is 584 g/mol. The van der Waals surface area contributed by atoms with Gasteiger partial charge in [0.05, 0.1) is 0 Å². The van der Waals surface area contributed by atoms with E-state index in [1.807, 2.05) is 55.4 Å². The second-order valence-corrected chi connectivity index (χ2v) is 15.6. The molecule has 0 atom stereocenters. The molecule has 0 saturated carbocycles. The highest BCUT2D eigenvalue weighted by atomic mass is 32.3. The molecule has 0 saturated heterocycles. The standard InChI is InChI=1S/C29H35F3O5S2/c1-20-9-13-22(14-10-20)38(23-15-11-21(2)12-16-23,37-39(33,34)29(30,31)32)24-17-18-25(35-27(3,4)5)26(19-24)36-28(6,7)8/h9-19H,1-8H3. The van der Waals surface area contributed by atoms with Crippen LogP contribution in [0.4, 0.5) is 13.2 Å². The van der Waals surface area contributed by atoms with Gasteiger partial charge in [-0.05, 0) is 108 Å². The number of rotatable bonds is 7. The molecule has 0 aliphatic carbocycles. The van der Waals surface area contributed by atoms with Crippen molar-refractivity contribution in [3.8, 4) is 11.5 Å². The summed E-state index contributed by atoms with van der Waals surface area (Å²) in [4.78, 5) is 0.746. The minimum atomic E-state index is -6.04. The zero-order chi connectivity index (χ0) is 29.4. The van der Waals surface area contributed by atoms with Gasteiger partial charge in [-0.1, -0.05) is 35.4 Å². The van der Waals surface area contributed by atoms with Crippen molar-refractivity contribution in [3.63, 3.8) is 0 Å². The number of hydrogen-bond acceptors (Lipinski definition) is 5. The molecule has 0 aliphatic rings. The molecule has 3 aromatic carbocycles. The fraction of sp³-hybridized carbons (Fsp3) is 0.379. The predicted molar refractivity (Wildman–Crippen MR) is 148 cm³/mol. The topological polar surface area (TPSA) is 61.8 Å². The molecule has 3 rings (SSSR count). The van der Waals surface area contributed by atoms with Crippen molar-refractivity contribution >= 4 is 20.4 Å². The summed E-state index contributed by atoms with van der Waals surface area (Å²) in [6.45, 7) is 14.7. The van der Waals surface area contributed by atoms with Crippen LogP contribution in [0.25, 0.3) is 0 Å². The first-order valence-corrected chi connectivity index (χ1v) is 15.2. The Bertz CT molecular complexity index is 1360. The number of halogens is 3. The maximum Gasteiger partial charge on any atom is 0.524 e. The zero-order valence-electron chi connectivity index (χ0n) is 23.3. The van der Waals surface area contributed by atoms with Gasteiger partial charge in [0.2, 0.25) is 0 Å². The van der Waals surface area contributed by atoms with E-state index in [2.05, 4.69) is 0 Å². The molecule has 0 aromatic heterocycles. The van der Waals surface area contributed by atoms with Crippen molar-refractivity contribution < 1.29 is 34.7 Å². The molecule has 39 heavy (non-hydrogen) atoms. The summed E-state index contributed by atoms with van der Waals surface area (Å²) in [6, 6.07) is 17.9. The Labute approximate surface area is 230 Å². The van der Waals surface area contributed by atoms with Crippen molar-refractivity contribution in [2.24, 2.45) is 0 Å². The van der Waals surface area contributed by atoms with E-state index < -0.39 is 37.1 Å². The molecule has 5 nitrogen and oxygen atoms in total. The number of alkyl halides is 3. The van der Waals surface area contributed by atoms with Crippen molar-refractivity contribution in [3.05, 3.63) is 77.9 Å². The third-order valence-electron chi connectivity index (χ3n) is 5.26. The molecular formula is C29H35F3O5S2. The first kappa shape index (κ1) is 30.8. The second kappa shape index (κ2) is 10.7. The Hall–Kier alpha value is -2.69. The van der Waals surface area contributed by atoms with E-state index in [0.29, 0.717) is 5.75 Å². The molecule has 0 spiro atoms. The van der Waals surface area contributed by atoms with Crippen LogP contribution in [-0.2, 0) is 13.7 Å². The highest BCUT2D eigenvalue weighted by Gasteiger charge is 2.52. The summed E-state index contributed by atoms with van der Waals surface area (Å²) >= 11 is 0. The van der Waals surface area contributed by atoms with E-state index in [-0.39, 0.29) is 20.4 Å². The first-order chi connectivity index (χ1) is 17.7. The first-order valence-electron chi connectivity index (χ1n) is 12.2. The smallest absolute Gasteiger partial charge is 0.484 e. The van der Waals surface area contributed by atoms with Crippen LogP contribution in [0.5, 0.6) is 11.5 Å². The summed E-state index contributed by atoms with van der Waals surface area (Å²) in [7, 11) is -9.53. The van der Waals surface area contributed by atoms with Crippen LogP contribution in [0.2, 0.25) is 0 Å². The van der Waals surface area contributed by atoms with Gasteiger partial charge >= 0.3 is 15.6 Å². The van der Waals surface area contributed by atoms with Gasteiger partial charge in [0, 0.05) is 14.7 Å². The largest absolute Gasteiger partial charge is 0.524 e. The maximum absolute atomic E-state index is 13.8. The summed E-state index contributed by atoms with van der Waals surface area (Å²) in [5.74, 6) is 0.611. The van der Waals surface area contributed by atoms with Gasteiger partial charge in [0.25, 0.3) is 0 Å². The fourth-order valence-corrected chi connectivity index (χ4v) is 8.36. The van der Waals surface area contributed by atoms with Crippen molar-refractivity contribution in [1.29, 1.82) is 0 Å². The van der Waals surface area contributed by atoms with E-state index in [0.717, 1.165) is 11.1 Å². The third kappa shape index (κ3) is 7.29. The van der Waals surface area contributed by atoms with Crippen molar-refractivity contribution in [2.75, 3.05) is 0 Å². The molecule has 0 bridgehead atoms. The van der Waals surface area contributed by atoms with E-state index in [9.17, 15) is 21.6 Å². The lowest BCUT2D eigenvalue weighted by Gasteiger charge is -2.40. The normalized spacial score (nSPS) is 13.7. The zero-order valence-corrected chi connectivity index (χ0v) is 25.0. The van der Waals surface area contributed by atoms with E-state index >= 15 is 0 Å². The van der Waals surface area contributed by atoms with Gasteiger partial charge in [0.1, 0.15) is 11.2 Å². The molecule has 10 heteroatoms. The Kier molecular flexibility index (Phi) is 8.47. The lowest BCUT2D eigenvalue weighted by atomic mass is 10.1. The van der Waals surface area contributed by atoms with Crippen LogP contribution in [0.15, 0.2) is 81.4 Å². The highest BCUT2D eigenvalue weighted by Crippen LogP contribution is 2.71. The van der Waals surface area contributed by atoms with Gasteiger partial charge in [-0.2, -0.15) is 25.2 Å².